The number of aromatic nitrogens is 9. The highest BCUT2D eigenvalue weighted by atomic mass is 35.5. The van der Waals surface area contributed by atoms with Crippen molar-refractivity contribution < 1.29 is 25.7 Å². The van der Waals surface area contributed by atoms with Crippen LogP contribution in [0, 0.1) is 22.4 Å². The first kappa shape index (κ1) is 23.3. The first-order valence-corrected chi connectivity index (χ1v) is 11.3. The van der Waals surface area contributed by atoms with Crippen LogP contribution in [-0.4, -0.2) is 51.2 Å². The zero-order valence-electron chi connectivity index (χ0n) is 21.4. The van der Waals surface area contributed by atoms with Crippen molar-refractivity contribution in [3.8, 4) is 34.3 Å². The summed E-state index contributed by atoms with van der Waals surface area (Å²) in [4.78, 5) is 3.80. The second kappa shape index (κ2) is 10.5. The topological polar surface area (TPSA) is 150 Å². The van der Waals surface area contributed by atoms with Gasteiger partial charge in [0.1, 0.15) is 18.4 Å². The molecule has 1 atom stereocenters. The zero-order chi connectivity index (χ0) is 29.5. The predicted octanol–water partition coefficient (Wildman–Crippen LogP) is 3.05. The fourth-order valence-electron chi connectivity index (χ4n) is 3.98. The van der Waals surface area contributed by atoms with Gasteiger partial charge in [0.2, 0.25) is 5.69 Å². The van der Waals surface area contributed by atoms with Gasteiger partial charge in [0.05, 0.1) is 42.5 Å². The van der Waals surface area contributed by atoms with Gasteiger partial charge in [-0.2, -0.15) is 33.7 Å². The number of halogens is 4. The number of nitriles is 1. The van der Waals surface area contributed by atoms with Crippen LogP contribution >= 0.6 is 11.6 Å². The lowest BCUT2D eigenvalue weighted by molar-refractivity contribution is -0.615. The molecule has 4 heterocycles. The normalized spacial score (nSPS) is 13.3. The lowest BCUT2D eigenvalue weighted by atomic mass is 10.0. The predicted molar refractivity (Wildman–Crippen MR) is 128 cm³/mol. The van der Waals surface area contributed by atoms with Crippen molar-refractivity contribution in [3.63, 3.8) is 0 Å². The van der Waals surface area contributed by atoms with Crippen LogP contribution in [0.5, 0.6) is 0 Å². The minimum atomic E-state index is -2.99. The van der Waals surface area contributed by atoms with Gasteiger partial charge in [-0.15, -0.1) is 5.10 Å². The molecule has 0 spiro atoms. The van der Waals surface area contributed by atoms with E-state index in [1.807, 2.05) is 6.07 Å². The average molecular weight is 559 g/mol. The van der Waals surface area contributed by atoms with E-state index in [-0.39, 0.29) is 44.6 Å². The van der Waals surface area contributed by atoms with Crippen LogP contribution in [0.4, 0.5) is 13.2 Å². The summed E-state index contributed by atoms with van der Waals surface area (Å²) >= 11 is 6.01. The van der Waals surface area contributed by atoms with E-state index in [9.17, 15) is 19.1 Å². The number of alkyl halides is 2. The van der Waals surface area contributed by atoms with Crippen molar-refractivity contribution in [1.29, 1.82) is 5.26 Å². The van der Waals surface area contributed by atoms with E-state index >= 15 is 4.39 Å². The maximum Gasteiger partial charge on any atom is 0.335 e. The second-order valence-electron chi connectivity index (χ2n) is 7.98. The van der Waals surface area contributed by atoms with E-state index in [4.69, 9.17) is 19.6 Å². The molecule has 1 N–H and O–H groups in total. The number of pyridine rings is 1. The molecule has 0 aliphatic carbocycles. The second-order valence-corrected chi connectivity index (χ2v) is 8.38. The highest BCUT2D eigenvalue weighted by Gasteiger charge is 2.26. The Morgan fingerprint density at radius 3 is 2.72 bits per heavy atom. The number of nitrogens with zero attached hydrogens (tertiary/aromatic N) is 10. The molecule has 0 fully saturated rings. The Morgan fingerprint density at radius 2 is 2.03 bits per heavy atom. The summed E-state index contributed by atoms with van der Waals surface area (Å²) in [6.07, 6.45) is 4.95. The van der Waals surface area contributed by atoms with Gasteiger partial charge in [0.25, 0.3) is 0 Å². The number of rotatable bonds is 8. The molecule has 198 valence electrons. The number of aliphatic hydroxyl groups is 1. The van der Waals surface area contributed by atoms with E-state index in [1.54, 1.807) is 0 Å². The standard InChI is InChI=1S/C23H16ClF3N10O2/c24-16-2-4-19(35-11-15(7-28)32-33-35)20(21(16)25)13-1-3-18(36(39)10-13)17(5-6-38)34-9-14(8-30-34)22-29-12-31-37(22)23(26)27/h1-4,8-12,17,23,38H,5-6H2/t17-/m1/s1/i6D2. The van der Waals surface area contributed by atoms with Crippen molar-refractivity contribution in [2.24, 2.45) is 0 Å². The maximum absolute atomic E-state index is 15.3. The van der Waals surface area contributed by atoms with Crippen molar-refractivity contribution in [3.05, 3.63) is 82.8 Å². The third-order valence-electron chi connectivity index (χ3n) is 5.72. The van der Waals surface area contributed by atoms with E-state index in [2.05, 4.69) is 25.5 Å². The van der Waals surface area contributed by atoms with Gasteiger partial charge in [-0.3, -0.25) is 4.68 Å². The largest absolute Gasteiger partial charge is 0.618 e. The van der Waals surface area contributed by atoms with Gasteiger partial charge in [0, 0.05) is 25.2 Å². The molecule has 5 rings (SSSR count). The monoisotopic (exact) mass is 558 g/mol. The Morgan fingerprint density at radius 1 is 1.21 bits per heavy atom. The van der Waals surface area contributed by atoms with Gasteiger partial charge in [-0.25, -0.2) is 14.1 Å². The Balaban J connectivity index is 1.58. The number of benzene rings is 1. The van der Waals surface area contributed by atoms with Gasteiger partial charge >= 0.3 is 6.55 Å². The summed E-state index contributed by atoms with van der Waals surface area (Å²) in [5, 5.41) is 47.1. The van der Waals surface area contributed by atoms with E-state index in [1.165, 1.54) is 42.9 Å². The van der Waals surface area contributed by atoms with Crippen LogP contribution in [0.1, 0.15) is 33.1 Å². The minimum Gasteiger partial charge on any atom is -0.618 e. The van der Waals surface area contributed by atoms with Crippen molar-refractivity contribution in [1.82, 2.24) is 39.5 Å². The molecule has 0 aliphatic rings. The van der Waals surface area contributed by atoms with E-state index in [0.717, 1.165) is 21.9 Å². The Labute approximate surface area is 225 Å². The Hall–Kier alpha value is -4.81. The maximum atomic E-state index is 15.3. The summed E-state index contributed by atoms with van der Waals surface area (Å²) < 4.78 is 60.2. The third kappa shape index (κ3) is 4.78. The fraction of sp³-hybridized carbons (Fsp3) is 0.174. The number of hydrogen-bond donors (Lipinski definition) is 1. The summed E-state index contributed by atoms with van der Waals surface area (Å²) in [6.45, 7) is -5.76. The Bertz CT molecular complexity index is 1780. The molecular weight excluding hydrogens is 541 g/mol. The molecule has 0 bridgehead atoms. The van der Waals surface area contributed by atoms with Gasteiger partial charge in [-0.05, 0) is 18.2 Å². The molecule has 0 aliphatic heterocycles. The van der Waals surface area contributed by atoms with Crippen molar-refractivity contribution >= 4 is 11.6 Å². The fourth-order valence-corrected chi connectivity index (χ4v) is 4.14. The molecule has 39 heavy (non-hydrogen) atoms. The Kier molecular flexibility index (Phi) is 6.29. The highest BCUT2D eigenvalue weighted by Crippen LogP contribution is 2.34. The third-order valence-corrected chi connectivity index (χ3v) is 6.02. The average Bonchev–Trinajstić information content (AvgIpc) is 3.69. The number of hydrogen-bond acceptors (Lipinski definition) is 8. The van der Waals surface area contributed by atoms with Crippen LogP contribution in [0.15, 0.2) is 55.4 Å². The van der Waals surface area contributed by atoms with Gasteiger partial charge < -0.3 is 10.3 Å². The molecule has 5 aromatic rings. The lowest BCUT2D eigenvalue weighted by Gasteiger charge is -2.17. The van der Waals surface area contributed by atoms with Crippen LogP contribution in [0.25, 0.3) is 28.2 Å². The smallest absolute Gasteiger partial charge is 0.335 e. The molecular formula is C23H16ClF3N10O2. The summed E-state index contributed by atoms with van der Waals surface area (Å²) in [5.41, 5.74) is -0.0259. The van der Waals surface area contributed by atoms with E-state index < -0.39 is 31.4 Å². The quantitative estimate of drug-likeness (QED) is 0.225. The molecule has 0 radical (unpaired) electrons. The molecule has 0 amide bonds. The summed E-state index contributed by atoms with van der Waals surface area (Å²) in [5.74, 6) is -1.10. The zero-order valence-corrected chi connectivity index (χ0v) is 20.2. The van der Waals surface area contributed by atoms with E-state index in [0.29, 0.717) is 9.41 Å². The first-order valence-electron chi connectivity index (χ1n) is 12.0. The van der Waals surface area contributed by atoms with Crippen molar-refractivity contribution in [2.45, 2.75) is 19.0 Å². The molecule has 0 saturated carbocycles. The van der Waals surface area contributed by atoms with Crippen molar-refractivity contribution in [2.75, 3.05) is 6.56 Å². The van der Waals surface area contributed by atoms with Crippen LogP contribution < -0.4 is 4.73 Å². The van der Waals surface area contributed by atoms with Crippen LogP contribution in [0.2, 0.25) is 5.02 Å². The molecule has 0 saturated heterocycles. The first-order chi connectivity index (χ1) is 19.5. The SMILES string of the molecule is [2H]C([2H])(O)C[C@H](c1ccc(-c2c(-n3cc(C#N)nn3)ccc(Cl)c2F)c[n+]1[O-])n1cc(-c2ncnn2C(F)F)cn1. The molecule has 0 unspecified atom stereocenters. The molecule has 12 nitrogen and oxygen atoms in total. The van der Waals surface area contributed by atoms with Crippen LogP contribution in [0.3, 0.4) is 0 Å². The summed E-state index contributed by atoms with van der Waals surface area (Å²) in [7, 11) is 0. The van der Waals surface area contributed by atoms with Crippen LogP contribution in [-0.2, 0) is 0 Å². The lowest BCUT2D eigenvalue weighted by Crippen LogP contribution is -2.35. The van der Waals surface area contributed by atoms with Gasteiger partial charge in [-0.1, -0.05) is 16.8 Å². The minimum absolute atomic E-state index is 0.0351. The molecule has 4 aromatic heterocycles. The molecule has 16 heteroatoms. The van der Waals surface area contributed by atoms with Gasteiger partial charge in [0.15, 0.2) is 23.5 Å². The molecule has 1 aromatic carbocycles. The summed E-state index contributed by atoms with van der Waals surface area (Å²) in [6, 6.07) is 5.90. The highest BCUT2D eigenvalue weighted by molar-refractivity contribution is 6.31.